The predicted octanol–water partition coefficient (Wildman–Crippen LogP) is 2.93. The lowest BCUT2D eigenvalue weighted by atomic mass is 9.74. The Morgan fingerprint density at radius 3 is 2.48 bits per heavy atom. The second-order valence-electron chi connectivity index (χ2n) is 7.70. The summed E-state index contributed by atoms with van der Waals surface area (Å²) in [6.45, 7) is 1.69. The lowest BCUT2D eigenvalue weighted by molar-refractivity contribution is -0.267. The number of nitrogens with one attached hydrogen (secondary N) is 1. The quantitative estimate of drug-likeness (QED) is 0.436. The van der Waals surface area contributed by atoms with E-state index in [0.717, 1.165) is 6.07 Å². The molecular formula is C22H20ClN2O8-. The maximum atomic E-state index is 13.5. The van der Waals surface area contributed by atoms with Crippen molar-refractivity contribution < 1.29 is 39.3 Å². The van der Waals surface area contributed by atoms with Gasteiger partial charge in [0.1, 0.15) is 22.1 Å². The van der Waals surface area contributed by atoms with Crippen LogP contribution in [0.1, 0.15) is 23.7 Å². The van der Waals surface area contributed by atoms with Crippen LogP contribution in [0.25, 0.3) is 0 Å². The SMILES string of the molecule is COc1cc(OC)c2c(c1Cl)O[C@@]1(C(=O)C=C(Nc3ccc(N(O)O)cc3[O-])C[C@H]1C)C2=O. The standard InChI is InChI=1S/C22H21ClN2O8/c1-10-6-11(24-13-5-4-12(25(29)30)8-14(13)26)7-17(27)22(10)21(28)18-15(31-2)9-16(32-3)19(23)20(18)33-22/h4-5,7-10,24,26,29-30H,6H2,1-3H3/p-1/t10-,22+/m1/s1. The zero-order chi connectivity index (χ0) is 24.1. The second-order valence-corrected chi connectivity index (χ2v) is 8.08. The Balaban J connectivity index is 1.69. The minimum absolute atomic E-state index is 0.0258. The average molecular weight is 476 g/mol. The van der Waals surface area contributed by atoms with Crippen LogP contribution in [0.15, 0.2) is 36.0 Å². The van der Waals surface area contributed by atoms with Gasteiger partial charge < -0.3 is 24.6 Å². The number of hydrogen-bond acceptors (Lipinski definition) is 10. The second kappa shape index (κ2) is 8.14. The molecule has 2 aliphatic rings. The van der Waals surface area contributed by atoms with Gasteiger partial charge in [-0.3, -0.25) is 20.0 Å². The number of fused-ring (bicyclic) bond motifs is 1. The van der Waals surface area contributed by atoms with Crippen molar-refractivity contribution in [3.8, 4) is 23.0 Å². The Labute approximate surface area is 193 Å². The summed E-state index contributed by atoms with van der Waals surface area (Å²) < 4.78 is 16.5. The number of methoxy groups -OCH3 is 2. The number of allylic oxidation sites excluding steroid dienone is 1. The first-order valence-electron chi connectivity index (χ1n) is 9.83. The van der Waals surface area contributed by atoms with Gasteiger partial charge in [-0.15, -0.1) is 5.23 Å². The summed E-state index contributed by atoms with van der Waals surface area (Å²) in [6, 6.07) is 5.13. The normalized spacial score (nSPS) is 21.4. The van der Waals surface area contributed by atoms with E-state index in [9.17, 15) is 14.7 Å². The largest absolute Gasteiger partial charge is 0.871 e. The summed E-state index contributed by atoms with van der Waals surface area (Å²) in [4.78, 5) is 26.7. The van der Waals surface area contributed by atoms with Gasteiger partial charge in [-0.2, -0.15) is 0 Å². The highest BCUT2D eigenvalue weighted by Crippen LogP contribution is 2.53. The monoisotopic (exact) mass is 475 g/mol. The van der Waals surface area contributed by atoms with E-state index < -0.39 is 28.8 Å². The van der Waals surface area contributed by atoms with E-state index in [2.05, 4.69) is 5.32 Å². The van der Waals surface area contributed by atoms with Gasteiger partial charge in [0.25, 0.3) is 0 Å². The molecule has 33 heavy (non-hydrogen) atoms. The lowest BCUT2D eigenvalue weighted by Crippen LogP contribution is -2.55. The Morgan fingerprint density at radius 2 is 1.91 bits per heavy atom. The summed E-state index contributed by atoms with van der Waals surface area (Å²) in [5.41, 5.74) is -1.34. The molecule has 0 radical (unpaired) electrons. The summed E-state index contributed by atoms with van der Waals surface area (Å²) >= 11 is 6.36. The number of hydrogen-bond donors (Lipinski definition) is 3. The van der Waals surface area contributed by atoms with E-state index in [1.807, 2.05) is 0 Å². The number of benzene rings is 2. The fourth-order valence-electron chi connectivity index (χ4n) is 4.13. The highest BCUT2D eigenvalue weighted by Gasteiger charge is 2.60. The number of Topliss-reactive ketones (excluding diaryl/α,β-unsaturated/α-hetero) is 1. The van der Waals surface area contributed by atoms with Crippen LogP contribution in [0.4, 0.5) is 11.4 Å². The number of ketones is 2. The van der Waals surface area contributed by atoms with Crippen molar-refractivity contribution in [1.82, 2.24) is 0 Å². The van der Waals surface area contributed by atoms with E-state index in [1.165, 1.54) is 38.5 Å². The molecule has 1 aliphatic carbocycles. The van der Waals surface area contributed by atoms with Crippen molar-refractivity contribution in [3.05, 3.63) is 46.6 Å². The number of rotatable bonds is 5. The van der Waals surface area contributed by atoms with Gasteiger partial charge in [-0.25, -0.2) is 0 Å². The van der Waals surface area contributed by atoms with Crippen LogP contribution in [0.3, 0.4) is 0 Å². The van der Waals surface area contributed by atoms with E-state index in [1.54, 1.807) is 6.92 Å². The number of carbonyl (C=O) groups is 2. The zero-order valence-corrected chi connectivity index (χ0v) is 18.6. The van der Waals surface area contributed by atoms with Crippen molar-refractivity contribution in [1.29, 1.82) is 0 Å². The Morgan fingerprint density at radius 1 is 1.21 bits per heavy atom. The Kier molecular flexibility index (Phi) is 5.61. The van der Waals surface area contributed by atoms with E-state index in [0.29, 0.717) is 5.70 Å². The van der Waals surface area contributed by atoms with Crippen molar-refractivity contribution >= 4 is 34.5 Å². The first kappa shape index (κ1) is 22.7. The molecule has 2 aromatic carbocycles. The van der Waals surface area contributed by atoms with Crippen LogP contribution in [-0.4, -0.2) is 41.8 Å². The minimum atomic E-state index is -1.82. The van der Waals surface area contributed by atoms with Crippen LogP contribution in [-0.2, 0) is 4.79 Å². The predicted molar refractivity (Wildman–Crippen MR) is 115 cm³/mol. The maximum Gasteiger partial charge on any atom is 0.236 e. The van der Waals surface area contributed by atoms with Crippen molar-refractivity contribution in [3.63, 3.8) is 0 Å². The number of nitrogens with zero attached hydrogens (tertiary/aromatic N) is 1. The van der Waals surface area contributed by atoms with Gasteiger partial charge in [0.05, 0.1) is 19.9 Å². The Hall–Kier alpha value is -3.47. The molecule has 0 fully saturated rings. The molecule has 0 aromatic heterocycles. The zero-order valence-electron chi connectivity index (χ0n) is 17.8. The lowest BCUT2D eigenvalue weighted by Gasteiger charge is -2.35. The van der Waals surface area contributed by atoms with Crippen LogP contribution < -0.4 is 29.9 Å². The molecule has 2 aromatic rings. The van der Waals surface area contributed by atoms with Gasteiger partial charge in [-0.05, 0) is 24.6 Å². The van der Waals surface area contributed by atoms with Crippen LogP contribution in [0.2, 0.25) is 5.02 Å². The first-order chi connectivity index (χ1) is 15.6. The summed E-state index contributed by atoms with van der Waals surface area (Å²) in [7, 11) is 2.79. The molecule has 1 heterocycles. The molecule has 10 nitrogen and oxygen atoms in total. The van der Waals surface area contributed by atoms with Crippen molar-refractivity contribution in [2.45, 2.75) is 18.9 Å². The van der Waals surface area contributed by atoms with Crippen LogP contribution in [0.5, 0.6) is 23.0 Å². The van der Waals surface area contributed by atoms with Gasteiger partial charge in [0.2, 0.25) is 17.2 Å². The van der Waals surface area contributed by atoms with E-state index >= 15 is 0 Å². The molecule has 0 bridgehead atoms. The summed E-state index contributed by atoms with van der Waals surface area (Å²) in [5, 5.41) is 33.1. The van der Waals surface area contributed by atoms with E-state index in [-0.39, 0.29) is 50.9 Å². The van der Waals surface area contributed by atoms with Gasteiger partial charge in [0, 0.05) is 29.4 Å². The molecule has 0 amide bonds. The third kappa shape index (κ3) is 3.43. The van der Waals surface area contributed by atoms with Crippen molar-refractivity contribution in [2.24, 2.45) is 5.92 Å². The molecule has 1 spiro atoms. The highest BCUT2D eigenvalue weighted by atomic mass is 35.5. The number of ether oxygens (including phenoxy) is 3. The van der Waals surface area contributed by atoms with Gasteiger partial charge in [-0.1, -0.05) is 24.3 Å². The molecule has 0 saturated carbocycles. The molecule has 4 rings (SSSR count). The van der Waals surface area contributed by atoms with Gasteiger partial charge in [0.15, 0.2) is 5.75 Å². The molecule has 11 heteroatoms. The number of halogens is 1. The summed E-state index contributed by atoms with van der Waals surface area (Å²) in [5.74, 6) is -1.87. The molecule has 3 N–H and O–H groups in total. The molecular weight excluding hydrogens is 456 g/mol. The van der Waals surface area contributed by atoms with Gasteiger partial charge >= 0.3 is 0 Å². The smallest absolute Gasteiger partial charge is 0.236 e. The third-order valence-corrected chi connectivity index (χ3v) is 6.16. The number of carbonyl (C=O) groups excluding carboxylic acids is 2. The van der Waals surface area contributed by atoms with Crippen LogP contribution in [0, 0.1) is 5.92 Å². The average Bonchev–Trinajstić information content (AvgIpc) is 3.09. The molecule has 174 valence electrons. The molecule has 1 aliphatic heterocycles. The topological polar surface area (TPSA) is 141 Å². The highest BCUT2D eigenvalue weighted by molar-refractivity contribution is 6.36. The van der Waals surface area contributed by atoms with Crippen molar-refractivity contribution in [2.75, 3.05) is 24.8 Å². The fourth-order valence-corrected chi connectivity index (χ4v) is 4.39. The summed E-state index contributed by atoms with van der Waals surface area (Å²) in [6.07, 6.45) is 1.43. The third-order valence-electron chi connectivity index (χ3n) is 5.80. The molecule has 2 atom stereocenters. The van der Waals surface area contributed by atoms with Crippen LogP contribution >= 0.6 is 11.6 Å². The van der Waals surface area contributed by atoms with E-state index in [4.69, 9.17) is 36.2 Å². The minimum Gasteiger partial charge on any atom is -0.871 e. The molecule has 0 saturated heterocycles. The fraction of sp³-hybridized carbons (Fsp3) is 0.273. The Bertz CT molecular complexity index is 1200. The number of anilines is 2. The maximum absolute atomic E-state index is 13.5. The first-order valence-corrected chi connectivity index (χ1v) is 10.2. The molecule has 0 unspecified atom stereocenters.